The van der Waals surface area contributed by atoms with E-state index in [4.69, 9.17) is 4.74 Å². The molecule has 2 aromatic carbocycles. The number of ether oxygens (including phenoxy) is 1. The van der Waals surface area contributed by atoms with Crippen LogP contribution in [0.25, 0.3) is 11.1 Å². The molecule has 1 heterocycles. The van der Waals surface area contributed by atoms with Crippen molar-refractivity contribution in [1.29, 1.82) is 0 Å². The highest BCUT2D eigenvalue weighted by Crippen LogP contribution is 2.68. The first-order chi connectivity index (χ1) is 10.4. The molecule has 0 radical (unpaired) electrons. The van der Waals surface area contributed by atoms with E-state index in [0.717, 1.165) is 6.61 Å². The van der Waals surface area contributed by atoms with Gasteiger partial charge in [0, 0.05) is 5.41 Å². The minimum absolute atomic E-state index is 0.236. The normalized spacial score (nSPS) is 24.0. The zero-order chi connectivity index (χ0) is 13.9. The summed E-state index contributed by atoms with van der Waals surface area (Å²) in [4.78, 5) is 0. The molecule has 1 unspecified atom stereocenters. The van der Waals surface area contributed by atoms with Crippen molar-refractivity contribution in [3.8, 4) is 11.1 Å². The van der Waals surface area contributed by atoms with Crippen LogP contribution >= 0.6 is 0 Å². The average molecular weight is 274 g/mol. The molecule has 1 saturated carbocycles. The van der Waals surface area contributed by atoms with Gasteiger partial charge in [0.05, 0.1) is 12.9 Å². The van der Waals surface area contributed by atoms with Crippen LogP contribution in [0.4, 0.5) is 0 Å². The Bertz CT molecular complexity index is 710. The molecule has 2 aliphatic carbocycles. The minimum atomic E-state index is 0.236. The largest absolute Gasteiger partial charge is 0.501 e. The van der Waals surface area contributed by atoms with Crippen LogP contribution in [0.2, 0.25) is 0 Å². The summed E-state index contributed by atoms with van der Waals surface area (Å²) in [5.74, 6) is 0.641. The number of benzene rings is 2. The van der Waals surface area contributed by atoms with Crippen LogP contribution in [0.15, 0.2) is 60.4 Å². The lowest BCUT2D eigenvalue weighted by Crippen LogP contribution is -2.11. The highest BCUT2D eigenvalue weighted by Gasteiger charge is 2.61. The summed E-state index contributed by atoms with van der Waals surface area (Å²) in [5.41, 5.74) is 7.69. The van der Waals surface area contributed by atoms with Gasteiger partial charge in [0.2, 0.25) is 0 Å². The number of fused-ring (bicyclic) bond motifs is 5. The highest BCUT2D eigenvalue weighted by molar-refractivity contribution is 5.83. The van der Waals surface area contributed by atoms with Crippen LogP contribution in [0.3, 0.4) is 0 Å². The molecule has 21 heavy (non-hydrogen) atoms. The van der Waals surface area contributed by atoms with Crippen LogP contribution in [0, 0.1) is 5.92 Å². The van der Waals surface area contributed by atoms with E-state index in [1.165, 1.54) is 47.1 Å². The summed E-state index contributed by atoms with van der Waals surface area (Å²) < 4.78 is 5.60. The Labute approximate surface area is 125 Å². The number of allylic oxidation sites excluding steroid dienone is 1. The quantitative estimate of drug-likeness (QED) is 0.734. The summed E-state index contributed by atoms with van der Waals surface area (Å²) in [6.07, 6.45) is 5.67. The Kier molecular flexibility index (Phi) is 2.22. The zero-order valence-electron chi connectivity index (χ0n) is 12.0. The van der Waals surface area contributed by atoms with E-state index in [0.29, 0.717) is 5.92 Å². The van der Waals surface area contributed by atoms with Crippen LogP contribution in [0.5, 0.6) is 0 Å². The summed E-state index contributed by atoms with van der Waals surface area (Å²) in [5, 5.41) is 0. The van der Waals surface area contributed by atoms with E-state index in [1.54, 1.807) is 0 Å². The Morgan fingerprint density at radius 2 is 1.57 bits per heavy atom. The molecule has 3 aliphatic rings. The molecule has 0 saturated heterocycles. The Morgan fingerprint density at radius 3 is 2.19 bits per heavy atom. The molecular formula is C20H18O. The maximum absolute atomic E-state index is 5.60. The van der Waals surface area contributed by atoms with E-state index in [2.05, 4.69) is 48.5 Å². The highest BCUT2D eigenvalue weighted by atomic mass is 16.5. The van der Waals surface area contributed by atoms with Crippen molar-refractivity contribution < 1.29 is 4.74 Å². The summed E-state index contributed by atoms with van der Waals surface area (Å²) in [6.45, 7) is 0.885. The third-order valence-electron chi connectivity index (χ3n) is 5.48. The second-order valence-corrected chi connectivity index (χ2v) is 6.49. The predicted molar refractivity (Wildman–Crippen MR) is 84.0 cm³/mol. The van der Waals surface area contributed by atoms with Crippen molar-refractivity contribution >= 4 is 0 Å². The fourth-order valence-electron chi connectivity index (χ4n) is 4.51. The lowest BCUT2D eigenvalue weighted by atomic mass is 9.87. The van der Waals surface area contributed by atoms with E-state index in [-0.39, 0.29) is 5.41 Å². The summed E-state index contributed by atoms with van der Waals surface area (Å²) >= 11 is 0. The predicted octanol–water partition coefficient (Wildman–Crippen LogP) is 4.67. The van der Waals surface area contributed by atoms with Crippen molar-refractivity contribution in [2.24, 2.45) is 5.92 Å². The van der Waals surface area contributed by atoms with Crippen LogP contribution in [-0.2, 0) is 10.2 Å². The van der Waals surface area contributed by atoms with Gasteiger partial charge in [0.15, 0.2) is 0 Å². The van der Waals surface area contributed by atoms with Gasteiger partial charge in [-0.1, -0.05) is 48.5 Å². The third kappa shape index (κ3) is 1.41. The van der Waals surface area contributed by atoms with Gasteiger partial charge < -0.3 is 4.74 Å². The first-order valence-electron chi connectivity index (χ1n) is 7.91. The third-order valence-corrected chi connectivity index (χ3v) is 5.48. The fourth-order valence-corrected chi connectivity index (χ4v) is 4.51. The second kappa shape index (κ2) is 4.00. The van der Waals surface area contributed by atoms with Gasteiger partial charge in [-0.05, 0) is 53.0 Å². The van der Waals surface area contributed by atoms with Crippen molar-refractivity contribution in [2.75, 3.05) is 6.61 Å². The molecule has 0 bridgehead atoms. The van der Waals surface area contributed by atoms with E-state index < -0.39 is 0 Å². The fraction of sp³-hybridized carbons (Fsp3) is 0.300. The standard InChI is InChI=1S/C20H18O/c1-3-9-17-15(7-1)16-8-2-4-10-18(16)20(17)12-19(20)14-6-5-11-21-13-14/h1-4,7-10,13,19H,5-6,11-12H2. The summed E-state index contributed by atoms with van der Waals surface area (Å²) in [7, 11) is 0. The molecule has 1 fully saturated rings. The Morgan fingerprint density at radius 1 is 0.905 bits per heavy atom. The number of rotatable bonds is 1. The van der Waals surface area contributed by atoms with Crippen LogP contribution in [0.1, 0.15) is 30.4 Å². The topological polar surface area (TPSA) is 9.23 Å². The van der Waals surface area contributed by atoms with Gasteiger partial charge in [0.25, 0.3) is 0 Å². The molecule has 1 spiro atoms. The van der Waals surface area contributed by atoms with Crippen molar-refractivity contribution in [2.45, 2.75) is 24.7 Å². The second-order valence-electron chi connectivity index (χ2n) is 6.49. The SMILES string of the molecule is C1=C(C2CC23c2ccccc2-c2ccccc23)CCCO1. The van der Waals surface area contributed by atoms with Crippen molar-refractivity contribution in [3.63, 3.8) is 0 Å². The van der Waals surface area contributed by atoms with Crippen molar-refractivity contribution in [1.82, 2.24) is 0 Å². The van der Waals surface area contributed by atoms with Gasteiger partial charge in [-0.25, -0.2) is 0 Å². The smallest absolute Gasteiger partial charge is 0.0876 e. The Hall–Kier alpha value is -2.02. The molecule has 0 N–H and O–H groups in total. The van der Waals surface area contributed by atoms with Gasteiger partial charge in [-0.3, -0.25) is 0 Å². The van der Waals surface area contributed by atoms with E-state index in [1.807, 2.05) is 6.26 Å². The maximum Gasteiger partial charge on any atom is 0.0876 e. The van der Waals surface area contributed by atoms with E-state index >= 15 is 0 Å². The monoisotopic (exact) mass is 274 g/mol. The van der Waals surface area contributed by atoms with Gasteiger partial charge in [-0.2, -0.15) is 0 Å². The molecule has 0 aromatic heterocycles. The molecule has 1 atom stereocenters. The van der Waals surface area contributed by atoms with Crippen LogP contribution < -0.4 is 0 Å². The lowest BCUT2D eigenvalue weighted by Gasteiger charge is -2.18. The molecule has 1 aliphatic heterocycles. The molecule has 0 amide bonds. The molecule has 2 aromatic rings. The molecular weight excluding hydrogens is 256 g/mol. The molecule has 1 nitrogen and oxygen atoms in total. The summed E-state index contributed by atoms with van der Waals surface area (Å²) in [6, 6.07) is 17.9. The first-order valence-corrected chi connectivity index (χ1v) is 7.91. The van der Waals surface area contributed by atoms with Crippen LogP contribution in [-0.4, -0.2) is 6.61 Å². The van der Waals surface area contributed by atoms with E-state index in [9.17, 15) is 0 Å². The zero-order valence-corrected chi connectivity index (χ0v) is 12.0. The lowest BCUT2D eigenvalue weighted by molar-refractivity contribution is 0.221. The Balaban J connectivity index is 1.69. The first kappa shape index (κ1) is 11.6. The molecule has 104 valence electrons. The van der Waals surface area contributed by atoms with Crippen molar-refractivity contribution in [3.05, 3.63) is 71.5 Å². The number of hydrogen-bond acceptors (Lipinski definition) is 1. The maximum atomic E-state index is 5.60. The molecule has 1 heteroatoms. The minimum Gasteiger partial charge on any atom is -0.501 e. The van der Waals surface area contributed by atoms with Gasteiger partial charge >= 0.3 is 0 Å². The van der Waals surface area contributed by atoms with Gasteiger partial charge in [0.1, 0.15) is 0 Å². The average Bonchev–Trinajstić information content (AvgIpc) is 3.25. The van der Waals surface area contributed by atoms with Gasteiger partial charge in [-0.15, -0.1) is 0 Å². The molecule has 5 rings (SSSR count). The number of hydrogen-bond donors (Lipinski definition) is 0.